The van der Waals surface area contributed by atoms with E-state index in [1.165, 1.54) is 12.1 Å². The molecule has 0 fully saturated rings. The van der Waals surface area contributed by atoms with Crippen LogP contribution in [0.1, 0.15) is 17.0 Å². The molecule has 0 saturated heterocycles. The number of anilines is 1. The highest BCUT2D eigenvalue weighted by molar-refractivity contribution is 7.09. The monoisotopic (exact) mass is 381 g/mol. The molecule has 136 valence electrons. The molecule has 0 aliphatic carbocycles. The van der Waals surface area contributed by atoms with E-state index in [1.807, 2.05) is 36.6 Å². The molecule has 1 aliphatic rings. The van der Waals surface area contributed by atoms with Crippen molar-refractivity contribution in [3.05, 3.63) is 70.3 Å². The van der Waals surface area contributed by atoms with Gasteiger partial charge in [-0.2, -0.15) is 0 Å². The fourth-order valence-corrected chi connectivity index (χ4v) is 3.42. The van der Waals surface area contributed by atoms with E-state index < -0.39 is 6.10 Å². The van der Waals surface area contributed by atoms with Crippen molar-refractivity contribution >= 4 is 28.6 Å². The van der Waals surface area contributed by atoms with Gasteiger partial charge in [0.15, 0.2) is 0 Å². The number of nitrogens with one attached hydrogen (secondary N) is 1. The van der Waals surface area contributed by atoms with Gasteiger partial charge in [-0.05, 0) is 31.2 Å². The number of carbonyl (C=O) groups is 1. The number of amides is 1. The van der Waals surface area contributed by atoms with Crippen molar-refractivity contribution in [1.82, 2.24) is 4.98 Å². The lowest BCUT2D eigenvalue weighted by molar-refractivity contribution is -0.125. The summed E-state index contributed by atoms with van der Waals surface area (Å²) in [6.45, 7) is 1.96. The van der Waals surface area contributed by atoms with Gasteiger partial charge < -0.3 is 10.2 Å². The average molecular weight is 381 g/mol. The van der Waals surface area contributed by atoms with E-state index in [0.29, 0.717) is 23.4 Å². The molecular weight excluding hydrogens is 365 g/mol. The Kier molecular flexibility index (Phi) is 4.68. The molecule has 7 heteroatoms. The van der Waals surface area contributed by atoms with E-state index >= 15 is 0 Å². The maximum Gasteiger partial charge on any atom is 0.268 e. The fourth-order valence-electron chi connectivity index (χ4n) is 2.80. The molecule has 2 heterocycles. The molecule has 1 amide bonds. The summed E-state index contributed by atoms with van der Waals surface area (Å²) in [5.41, 5.74) is 3.75. The molecule has 0 radical (unpaired) electrons. The van der Waals surface area contributed by atoms with Crippen molar-refractivity contribution < 1.29 is 14.0 Å². The standard InChI is InChI=1S/C20H16FN3O2S/c1-12-22-18(11-27-12)13-5-7-16(8-6-13)23-20(25)19-10-17(24-26-19)14-3-2-4-15(21)9-14/h2-9,11,19H,10H2,1H3,(H,23,25)/t19-/m0/s1. The minimum Gasteiger partial charge on any atom is -0.382 e. The number of nitrogens with zero attached hydrogens (tertiary/aromatic N) is 2. The minimum absolute atomic E-state index is 0.289. The van der Waals surface area contributed by atoms with Gasteiger partial charge in [0.05, 0.1) is 16.4 Å². The molecule has 0 spiro atoms. The molecule has 0 unspecified atom stereocenters. The lowest BCUT2D eigenvalue weighted by atomic mass is 10.0. The first-order valence-electron chi connectivity index (χ1n) is 8.40. The molecule has 1 N–H and O–H groups in total. The Labute approximate surface area is 159 Å². The summed E-state index contributed by atoms with van der Waals surface area (Å²) in [5.74, 6) is -0.638. The third-order valence-electron chi connectivity index (χ3n) is 4.19. The lowest BCUT2D eigenvalue weighted by Crippen LogP contribution is -2.28. The van der Waals surface area contributed by atoms with Crippen LogP contribution in [0.5, 0.6) is 0 Å². The van der Waals surface area contributed by atoms with Gasteiger partial charge in [-0.3, -0.25) is 4.79 Å². The van der Waals surface area contributed by atoms with Crippen LogP contribution in [0.3, 0.4) is 0 Å². The summed E-state index contributed by atoms with van der Waals surface area (Å²) in [6.07, 6.45) is -0.435. The quantitative estimate of drug-likeness (QED) is 0.729. The molecule has 0 bridgehead atoms. The van der Waals surface area contributed by atoms with E-state index in [1.54, 1.807) is 23.5 Å². The molecule has 1 aromatic heterocycles. The Balaban J connectivity index is 1.38. The highest BCUT2D eigenvalue weighted by Crippen LogP contribution is 2.24. The van der Waals surface area contributed by atoms with E-state index in [0.717, 1.165) is 16.3 Å². The van der Waals surface area contributed by atoms with Crippen LogP contribution in [-0.4, -0.2) is 22.7 Å². The SMILES string of the molecule is Cc1nc(-c2ccc(NC(=O)[C@@H]3CC(c4cccc(F)c4)=NO3)cc2)cs1. The summed E-state index contributed by atoms with van der Waals surface area (Å²) >= 11 is 1.60. The molecule has 3 aromatic rings. The van der Waals surface area contributed by atoms with Gasteiger partial charge >= 0.3 is 0 Å². The predicted octanol–water partition coefficient (Wildman–Crippen LogP) is 4.39. The van der Waals surface area contributed by atoms with Crippen molar-refractivity contribution in [2.45, 2.75) is 19.4 Å². The second-order valence-electron chi connectivity index (χ2n) is 6.16. The third-order valence-corrected chi connectivity index (χ3v) is 4.96. The number of benzene rings is 2. The summed E-state index contributed by atoms with van der Waals surface area (Å²) in [7, 11) is 0. The zero-order valence-corrected chi connectivity index (χ0v) is 15.3. The zero-order valence-electron chi connectivity index (χ0n) is 14.5. The molecule has 1 aliphatic heterocycles. The summed E-state index contributed by atoms with van der Waals surface area (Å²) in [4.78, 5) is 22.1. The summed E-state index contributed by atoms with van der Waals surface area (Å²) < 4.78 is 13.3. The number of rotatable bonds is 4. The van der Waals surface area contributed by atoms with Gasteiger partial charge in [-0.25, -0.2) is 9.37 Å². The van der Waals surface area contributed by atoms with Crippen LogP contribution in [-0.2, 0) is 9.63 Å². The molecule has 0 saturated carbocycles. The Hall–Kier alpha value is -3.06. The highest BCUT2D eigenvalue weighted by Gasteiger charge is 2.29. The Morgan fingerprint density at radius 1 is 1.22 bits per heavy atom. The van der Waals surface area contributed by atoms with Crippen LogP contribution in [0.15, 0.2) is 59.1 Å². The van der Waals surface area contributed by atoms with Crippen LogP contribution < -0.4 is 5.32 Å². The topological polar surface area (TPSA) is 63.6 Å². The summed E-state index contributed by atoms with van der Waals surface area (Å²) in [5, 5.41) is 9.76. The van der Waals surface area contributed by atoms with Crippen LogP contribution in [0.4, 0.5) is 10.1 Å². The second-order valence-corrected chi connectivity index (χ2v) is 7.23. The Morgan fingerprint density at radius 2 is 2.04 bits per heavy atom. The van der Waals surface area contributed by atoms with Gasteiger partial charge in [0.25, 0.3) is 5.91 Å². The average Bonchev–Trinajstić information content (AvgIpc) is 3.32. The van der Waals surface area contributed by atoms with Crippen molar-refractivity contribution in [2.24, 2.45) is 5.16 Å². The van der Waals surface area contributed by atoms with Crippen LogP contribution in [0.25, 0.3) is 11.3 Å². The summed E-state index contributed by atoms with van der Waals surface area (Å²) in [6, 6.07) is 13.6. The van der Waals surface area contributed by atoms with E-state index in [4.69, 9.17) is 4.84 Å². The first kappa shape index (κ1) is 17.4. The molecule has 1 atom stereocenters. The smallest absolute Gasteiger partial charge is 0.268 e. The first-order chi connectivity index (χ1) is 13.1. The van der Waals surface area contributed by atoms with Gasteiger partial charge in [0, 0.05) is 28.6 Å². The maximum absolute atomic E-state index is 13.3. The van der Waals surface area contributed by atoms with Crippen molar-refractivity contribution in [3.8, 4) is 11.3 Å². The second kappa shape index (κ2) is 7.28. The number of thiazole rings is 1. The molecule has 5 nitrogen and oxygen atoms in total. The number of hydrogen-bond acceptors (Lipinski definition) is 5. The van der Waals surface area contributed by atoms with Gasteiger partial charge in [-0.15, -0.1) is 11.3 Å². The largest absolute Gasteiger partial charge is 0.382 e. The normalized spacial score (nSPS) is 15.9. The van der Waals surface area contributed by atoms with Crippen molar-refractivity contribution in [2.75, 3.05) is 5.32 Å². The van der Waals surface area contributed by atoms with E-state index in [9.17, 15) is 9.18 Å². The van der Waals surface area contributed by atoms with Crippen LogP contribution >= 0.6 is 11.3 Å². The molecule has 4 rings (SSSR count). The fraction of sp³-hybridized carbons (Fsp3) is 0.150. The Bertz CT molecular complexity index is 1010. The number of hydrogen-bond donors (Lipinski definition) is 1. The van der Waals surface area contributed by atoms with Crippen LogP contribution in [0.2, 0.25) is 0 Å². The lowest BCUT2D eigenvalue weighted by Gasteiger charge is -2.10. The van der Waals surface area contributed by atoms with Crippen LogP contribution in [0, 0.1) is 12.7 Å². The van der Waals surface area contributed by atoms with Gasteiger partial charge in [0.2, 0.25) is 6.10 Å². The number of oxime groups is 1. The molecular formula is C20H16FN3O2S. The Morgan fingerprint density at radius 3 is 2.74 bits per heavy atom. The first-order valence-corrected chi connectivity index (χ1v) is 9.28. The van der Waals surface area contributed by atoms with Crippen molar-refractivity contribution in [3.63, 3.8) is 0 Å². The van der Waals surface area contributed by atoms with E-state index in [-0.39, 0.29) is 11.7 Å². The maximum atomic E-state index is 13.3. The van der Waals surface area contributed by atoms with Crippen molar-refractivity contribution in [1.29, 1.82) is 0 Å². The predicted molar refractivity (Wildman–Crippen MR) is 103 cm³/mol. The molecule has 27 heavy (non-hydrogen) atoms. The highest BCUT2D eigenvalue weighted by atomic mass is 32.1. The van der Waals surface area contributed by atoms with E-state index in [2.05, 4.69) is 15.5 Å². The molecule has 2 aromatic carbocycles. The zero-order chi connectivity index (χ0) is 18.8. The van der Waals surface area contributed by atoms with Gasteiger partial charge in [-0.1, -0.05) is 29.4 Å². The number of halogens is 1. The number of aryl methyl sites for hydroxylation is 1. The number of aromatic nitrogens is 1. The van der Waals surface area contributed by atoms with Gasteiger partial charge in [0.1, 0.15) is 5.82 Å². The third kappa shape index (κ3) is 3.88. The number of carbonyl (C=O) groups excluding carboxylic acids is 1. The minimum atomic E-state index is -0.732.